The van der Waals surface area contributed by atoms with Crippen LogP contribution in [0.25, 0.3) is 6.08 Å². The highest BCUT2D eigenvalue weighted by atomic mass is 32.1. The van der Waals surface area contributed by atoms with Crippen LogP contribution in [0, 0.1) is 13.8 Å². The summed E-state index contributed by atoms with van der Waals surface area (Å²) in [4.78, 5) is 25.2. The second-order valence-corrected chi connectivity index (χ2v) is 4.95. The van der Waals surface area contributed by atoms with Gasteiger partial charge in [0.2, 0.25) is 0 Å². The number of rotatable bonds is 1. The highest BCUT2D eigenvalue weighted by Crippen LogP contribution is 2.19. The lowest BCUT2D eigenvalue weighted by molar-refractivity contribution is -0.128. The lowest BCUT2D eigenvalue weighted by atomic mass is 10.1. The van der Waals surface area contributed by atoms with E-state index >= 15 is 0 Å². The minimum atomic E-state index is -0.450. The second kappa shape index (κ2) is 4.62. The first-order valence-corrected chi connectivity index (χ1v) is 6.21. The fourth-order valence-electron chi connectivity index (χ4n) is 1.93. The van der Waals surface area contributed by atoms with Crippen molar-refractivity contribution in [3.05, 3.63) is 28.6 Å². The van der Waals surface area contributed by atoms with Gasteiger partial charge in [-0.3, -0.25) is 19.8 Å². The predicted octanol–water partition coefficient (Wildman–Crippen LogP) is 0.898. The van der Waals surface area contributed by atoms with Crippen LogP contribution in [0.2, 0.25) is 0 Å². The Morgan fingerprint density at radius 1 is 1.26 bits per heavy atom. The number of nitrogens with one attached hydrogen (secondary N) is 1. The van der Waals surface area contributed by atoms with Crippen LogP contribution in [-0.2, 0) is 16.6 Å². The topological polar surface area (TPSA) is 54.3 Å². The zero-order chi connectivity index (χ0) is 14.3. The Morgan fingerprint density at radius 2 is 1.89 bits per heavy atom. The smallest absolute Gasteiger partial charge is 0.265 e. The zero-order valence-electron chi connectivity index (χ0n) is 11.3. The largest absolute Gasteiger partial charge is 0.352 e. The first-order chi connectivity index (χ1) is 8.82. The number of hydrogen-bond acceptors (Lipinski definition) is 3. The first-order valence-electron chi connectivity index (χ1n) is 5.81. The van der Waals surface area contributed by atoms with Gasteiger partial charge in [-0.1, -0.05) is 0 Å². The van der Waals surface area contributed by atoms with Gasteiger partial charge in [0.05, 0.1) is 0 Å². The van der Waals surface area contributed by atoms with Crippen LogP contribution in [0.15, 0.2) is 11.6 Å². The van der Waals surface area contributed by atoms with Crippen LogP contribution in [0.4, 0.5) is 0 Å². The van der Waals surface area contributed by atoms with Crippen LogP contribution in [0.1, 0.15) is 17.0 Å². The molecule has 1 fully saturated rings. The van der Waals surface area contributed by atoms with Gasteiger partial charge in [-0.05, 0) is 43.8 Å². The summed E-state index contributed by atoms with van der Waals surface area (Å²) < 4.78 is 2.01. The van der Waals surface area contributed by atoms with E-state index in [9.17, 15) is 9.59 Å². The standard InChI is InChI=1S/C13H15N3O2S/c1-7-5-9(8(2)15(7)3)6-10-11(17)14-13(19)16(4)12(10)18/h5-6H,1-4H3,(H,14,17,19)/b10-6+. The van der Waals surface area contributed by atoms with Crippen molar-refractivity contribution in [2.45, 2.75) is 13.8 Å². The maximum atomic E-state index is 12.1. The molecule has 1 N–H and O–H groups in total. The Hall–Kier alpha value is -1.95. The van der Waals surface area contributed by atoms with Crippen molar-refractivity contribution in [2.75, 3.05) is 7.05 Å². The van der Waals surface area contributed by atoms with Crippen molar-refractivity contribution in [3.8, 4) is 0 Å². The fourth-order valence-corrected chi connectivity index (χ4v) is 2.11. The predicted molar refractivity (Wildman–Crippen MR) is 76.4 cm³/mol. The number of amides is 2. The third kappa shape index (κ3) is 2.19. The summed E-state index contributed by atoms with van der Waals surface area (Å²) in [5, 5.41) is 2.63. The minimum absolute atomic E-state index is 0.102. The average Bonchev–Trinajstić information content (AvgIpc) is 2.59. The summed E-state index contributed by atoms with van der Waals surface area (Å²) in [6.07, 6.45) is 1.61. The monoisotopic (exact) mass is 277 g/mol. The Kier molecular flexibility index (Phi) is 3.28. The molecular formula is C13H15N3O2S. The molecule has 0 aliphatic carbocycles. The summed E-state index contributed by atoms with van der Waals surface area (Å²) in [6, 6.07) is 1.94. The molecule has 0 saturated carbocycles. The van der Waals surface area contributed by atoms with E-state index < -0.39 is 5.91 Å². The molecule has 0 unspecified atom stereocenters. The van der Waals surface area contributed by atoms with Crippen LogP contribution in [0.5, 0.6) is 0 Å². The van der Waals surface area contributed by atoms with Crippen molar-refractivity contribution >= 4 is 35.2 Å². The summed E-state index contributed by atoms with van der Waals surface area (Å²) in [6.45, 7) is 3.91. The number of carbonyl (C=O) groups is 2. The molecule has 2 amide bonds. The van der Waals surface area contributed by atoms with E-state index in [1.807, 2.05) is 31.5 Å². The normalized spacial score (nSPS) is 18.2. The number of likely N-dealkylation sites (N-methyl/N-ethyl adjacent to an activating group) is 1. The van der Waals surface area contributed by atoms with E-state index in [-0.39, 0.29) is 16.6 Å². The van der Waals surface area contributed by atoms with Gasteiger partial charge in [-0.2, -0.15) is 0 Å². The van der Waals surface area contributed by atoms with Crippen LogP contribution in [-0.4, -0.2) is 33.4 Å². The molecular weight excluding hydrogens is 262 g/mol. The molecule has 100 valence electrons. The number of carbonyl (C=O) groups excluding carboxylic acids is 2. The molecule has 19 heavy (non-hydrogen) atoms. The number of nitrogens with zero attached hydrogens (tertiary/aromatic N) is 2. The summed E-state index contributed by atoms with van der Waals surface area (Å²) >= 11 is 4.89. The second-order valence-electron chi connectivity index (χ2n) is 4.57. The van der Waals surface area contributed by atoms with E-state index in [0.29, 0.717) is 0 Å². The van der Waals surface area contributed by atoms with Gasteiger partial charge in [-0.25, -0.2) is 0 Å². The molecule has 1 aliphatic rings. The van der Waals surface area contributed by atoms with Crippen molar-refractivity contribution in [1.82, 2.24) is 14.8 Å². The van der Waals surface area contributed by atoms with Crippen LogP contribution < -0.4 is 5.32 Å². The highest BCUT2D eigenvalue weighted by Gasteiger charge is 2.30. The summed E-state index contributed by atoms with van der Waals surface area (Å²) in [5.74, 6) is -0.830. The third-order valence-corrected chi connectivity index (χ3v) is 3.79. The molecule has 1 saturated heterocycles. The number of aryl methyl sites for hydroxylation is 1. The highest BCUT2D eigenvalue weighted by molar-refractivity contribution is 7.80. The van der Waals surface area contributed by atoms with E-state index in [2.05, 4.69) is 5.32 Å². The molecule has 0 aromatic carbocycles. The molecule has 2 rings (SSSR count). The number of thiocarbonyl (C=S) groups is 1. The maximum absolute atomic E-state index is 12.1. The first kappa shape index (κ1) is 13.5. The van der Waals surface area contributed by atoms with E-state index in [1.54, 1.807) is 13.1 Å². The SMILES string of the molecule is Cc1cc(/C=C2\C(=O)NC(=S)N(C)C2=O)c(C)n1C. The van der Waals surface area contributed by atoms with E-state index in [0.717, 1.165) is 17.0 Å². The number of hydrogen-bond donors (Lipinski definition) is 1. The summed E-state index contributed by atoms with van der Waals surface area (Å²) in [7, 11) is 3.48. The van der Waals surface area contributed by atoms with Gasteiger partial charge in [0.1, 0.15) is 5.57 Å². The zero-order valence-corrected chi connectivity index (χ0v) is 12.1. The minimum Gasteiger partial charge on any atom is -0.352 e. The van der Waals surface area contributed by atoms with E-state index in [1.165, 1.54) is 4.90 Å². The van der Waals surface area contributed by atoms with Gasteiger partial charge < -0.3 is 4.57 Å². The van der Waals surface area contributed by atoms with Crippen molar-refractivity contribution in [1.29, 1.82) is 0 Å². The third-order valence-electron chi connectivity index (χ3n) is 3.42. The number of aromatic nitrogens is 1. The van der Waals surface area contributed by atoms with E-state index in [4.69, 9.17) is 12.2 Å². The Labute approximate surface area is 116 Å². The Morgan fingerprint density at radius 3 is 2.42 bits per heavy atom. The Balaban J connectivity index is 2.47. The molecule has 0 spiro atoms. The lowest BCUT2D eigenvalue weighted by Crippen LogP contribution is -2.52. The van der Waals surface area contributed by atoms with Crippen LogP contribution in [0.3, 0.4) is 0 Å². The summed E-state index contributed by atoms with van der Waals surface area (Å²) in [5.41, 5.74) is 3.03. The van der Waals surface area contributed by atoms with Crippen molar-refractivity contribution < 1.29 is 9.59 Å². The van der Waals surface area contributed by atoms with Gasteiger partial charge in [0.15, 0.2) is 5.11 Å². The van der Waals surface area contributed by atoms with Gasteiger partial charge in [0.25, 0.3) is 11.8 Å². The maximum Gasteiger partial charge on any atom is 0.265 e. The van der Waals surface area contributed by atoms with Crippen molar-refractivity contribution in [3.63, 3.8) is 0 Å². The molecule has 0 bridgehead atoms. The molecule has 1 aliphatic heterocycles. The molecule has 1 aromatic heterocycles. The quantitative estimate of drug-likeness (QED) is 0.471. The van der Waals surface area contributed by atoms with Gasteiger partial charge >= 0.3 is 0 Å². The molecule has 2 heterocycles. The van der Waals surface area contributed by atoms with Crippen molar-refractivity contribution in [2.24, 2.45) is 7.05 Å². The van der Waals surface area contributed by atoms with Gasteiger partial charge in [0, 0.05) is 25.5 Å². The average molecular weight is 277 g/mol. The molecule has 1 aromatic rings. The van der Waals surface area contributed by atoms with Crippen LogP contribution >= 0.6 is 12.2 Å². The molecule has 0 atom stereocenters. The fraction of sp³-hybridized carbons (Fsp3) is 0.308. The lowest BCUT2D eigenvalue weighted by Gasteiger charge is -2.24. The van der Waals surface area contributed by atoms with Gasteiger partial charge in [-0.15, -0.1) is 0 Å². The molecule has 0 radical (unpaired) electrons. The molecule has 6 heteroatoms. The molecule has 5 nitrogen and oxygen atoms in total. The Bertz CT molecular complexity index is 628.